The highest BCUT2D eigenvalue weighted by Crippen LogP contribution is 2.54. The van der Waals surface area contributed by atoms with Gasteiger partial charge in [-0.25, -0.2) is 0 Å². The number of hydrogen-bond donors (Lipinski definition) is 0. The molecule has 0 saturated heterocycles. The van der Waals surface area contributed by atoms with Gasteiger partial charge in [-0.3, -0.25) is 0 Å². The first kappa shape index (κ1) is 57.7. The van der Waals surface area contributed by atoms with Crippen LogP contribution in [0.3, 0.4) is 0 Å². The lowest BCUT2D eigenvalue weighted by atomic mass is 9.85. The highest BCUT2D eigenvalue weighted by molar-refractivity contribution is 6.30. The van der Waals surface area contributed by atoms with Gasteiger partial charge < -0.3 is 13.3 Å². The van der Waals surface area contributed by atoms with Crippen LogP contribution in [0, 0.1) is 0 Å². The maximum atomic E-state index is 9.44. The molecule has 27 rings (SSSR count). The van der Waals surface area contributed by atoms with Crippen LogP contribution in [0.5, 0.6) is 0 Å². The molecule has 24 aromatic carbocycles. The Hall–Kier alpha value is -17.8. The van der Waals surface area contributed by atoms with Crippen molar-refractivity contribution >= 4 is 130 Å². The van der Waals surface area contributed by atoms with Crippen LogP contribution in [0.2, 0.25) is 0 Å². The summed E-state index contributed by atoms with van der Waals surface area (Å²) in [5.41, 5.74) is 18.9. The van der Waals surface area contributed by atoms with Crippen molar-refractivity contribution in [1.82, 2.24) is 0 Å². The van der Waals surface area contributed by atoms with Gasteiger partial charge in [0.15, 0.2) is 0 Å². The maximum Gasteiger partial charge on any atom is 0.143 e. The molecule has 3 nitrogen and oxygen atoms in total. The van der Waals surface area contributed by atoms with Crippen molar-refractivity contribution in [2.75, 3.05) is 0 Å². The van der Waals surface area contributed by atoms with Gasteiger partial charge in [-0.05, 0) is 223 Å². The molecule has 3 aromatic heterocycles. The van der Waals surface area contributed by atoms with E-state index < -0.39 is 132 Å². The average Bonchev–Trinajstić information content (AvgIpc) is 1.01. The van der Waals surface area contributed by atoms with Gasteiger partial charge in [0, 0.05) is 49.0 Å². The highest BCUT2D eigenvalue weighted by Gasteiger charge is 2.28. The van der Waals surface area contributed by atoms with E-state index >= 15 is 0 Å². The van der Waals surface area contributed by atoms with Gasteiger partial charge in [0.05, 0.1) is 39.8 Å². The number of benzene rings is 24. The quantitative estimate of drug-likeness (QED) is 0.114. The molecule has 0 amide bonds. The Labute approximate surface area is 847 Å². The predicted octanol–water partition coefficient (Wildman–Crippen LogP) is 39.0. The monoisotopic (exact) mass is 1800 g/mol. The van der Waals surface area contributed by atoms with Crippen LogP contribution in [-0.4, -0.2) is 0 Å². The van der Waals surface area contributed by atoms with E-state index in [-0.39, 0.29) is 135 Å². The molecule has 0 unspecified atom stereocenters. The summed E-state index contributed by atoms with van der Waals surface area (Å²) in [7, 11) is 0. The molecule has 139 heavy (non-hydrogen) atoms. The van der Waals surface area contributed by atoms with Crippen LogP contribution >= 0.6 is 0 Å². The molecule has 27 aromatic rings. The smallest absolute Gasteiger partial charge is 0.143 e. The zero-order valence-electron chi connectivity index (χ0n) is 104. The van der Waals surface area contributed by atoms with E-state index in [0.717, 1.165) is 77.5 Å². The fraction of sp³-hybridized carbons (Fsp3) is 0.0294. The molecule has 3 heteroatoms. The summed E-state index contributed by atoms with van der Waals surface area (Å²) >= 11 is 0. The van der Waals surface area contributed by atoms with Crippen LogP contribution in [0.25, 0.3) is 264 Å². The van der Waals surface area contributed by atoms with Crippen LogP contribution in [0.15, 0.2) is 516 Å². The zero-order valence-corrected chi connectivity index (χ0v) is 74.9. The second-order valence-corrected chi connectivity index (χ2v) is 35.1. The van der Waals surface area contributed by atoms with Crippen molar-refractivity contribution in [2.45, 2.75) is 26.2 Å². The van der Waals surface area contributed by atoms with E-state index in [0.29, 0.717) is 99.6 Å². The van der Waals surface area contributed by atoms with Crippen LogP contribution in [0.1, 0.15) is 66.1 Å². The minimum Gasteiger partial charge on any atom is -0.455 e. The van der Waals surface area contributed by atoms with E-state index in [1.54, 1.807) is 72.8 Å². The minimum absolute atomic E-state index is 0.00900. The molecular weight excluding hydrogens is 1680 g/mol. The van der Waals surface area contributed by atoms with Gasteiger partial charge >= 0.3 is 0 Å². The second-order valence-electron chi connectivity index (χ2n) is 35.1. The van der Waals surface area contributed by atoms with Gasteiger partial charge in [-0.15, -0.1) is 0 Å². The topological polar surface area (TPSA) is 39.4 Å². The van der Waals surface area contributed by atoms with Gasteiger partial charge in [-0.2, -0.15) is 0 Å². The summed E-state index contributed by atoms with van der Waals surface area (Å²) in [6.07, 6.45) is 0. The summed E-state index contributed by atoms with van der Waals surface area (Å²) in [5, 5.41) is 4.53. The zero-order chi connectivity index (χ0) is 118. The molecule has 0 fully saturated rings. The summed E-state index contributed by atoms with van der Waals surface area (Å²) in [4.78, 5) is 0. The van der Waals surface area contributed by atoms with E-state index in [2.05, 4.69) is 93.6 Å². The first-order valence-electron chi connectivity index (χ1n) is 60.1. The molecule has 0 atom stereocenters. The average molecular weight is 1800 g/mol. The summed E-state index contributed by atoms with van der Waals surface area (Å²) in [6, 6.07) is 90.5. The van der Waals surface area contributed by atoms with E-state index in [4.69, 9.17) is 36.6 Å². The molecule has 3 heterocycles. The Morgan fingerprint density at radius 1 is 0.165 bits per heavy atom. The molecule has 0 spiro atoms. The van der Waals surface area contributed by atoms with Crippen molar-refractivity contribution < 1.29 is 53.0 Å². The molecule has 0 saturated carbocycles. The normalized spacial score (nSPS) is 14.6. The summed E-state index contributed by atoms with van der Waals surface area (Å²) in [5.74, 6) is 0. The Morgan fingerprint density at radius 3 is 0.806 bits per heavy atom. The SMILES string of the molecule is [2H]c1c([2H])c([2H])c(-c2c3c([2H])c([2H])c([2H])c([2H])c3c(-c3cccc4oc5c(-c6cccc(-c7ccccc7)c6)cccc5c34)c3c([2H])c([2H])c([2H])c([2H])c23)c([2H])c1[2H].[2H]c1c([2H])c([2H])c2c(-c3cccc4oc5c(-c6cc(-c7ccccc7)ccc6-c6ccccc6)cccc5c34)c3c([2H])c([2H])c([2H])c([2H])c3c(-c3ccccc3)c2c1[2H].[2H]c1c([2H])c([2H])c2c(-c3cccc4oc5c(-c6ccc(C(C)(C)C)cc6)cccc5c34)c3c([2H])c([2H])c([2H])c([2H])c3c(-c3ccccc3)c2c1[2H]. The second kappa shape index (κ2) is 34.9. The van der Waals surface area contributed by atoms with Crippen LogP contribution in [0.4, 0.5) is 0 Å². The van der Waals surface area contributed by atoms with Gasteiger partial charge in [0.2, 0.25) is 0 Å². The third kappa shape index (κ3) is 14.6. The first-order valence-corrected chi connectivity index (χ1v) is 45.6. The predicted molar refractivity (Wildman–Crippen MR) is 590 cm³/mol. The lowest BCUT2D eigenvalue weighted by molar-refractivity contribution is 0.590. The van der Waals surface area contributed by atoms with Gasteiger partial charge in [0.25, 0.3) is 0 Å². The van der Waals surface area contributed by atoms with Crippen molar-refractivity contribution in [3.05, 3.63) is 508 Å². The molecule has 0 radical (unpaired) electrons. The molecule has 654 valence electrons. The Morgan fingerprint density at radius 2 is 0.432 bits per heavy atom. The number of hydrogen-bond acceptors (Lipinski definition) is 3. The number of para-hydroxylation sites is 3. The number of fused-ring (bicyclic) bond motifs is 15. The summed E-state index contributed by atoms with van der Waals surface area (Å²) < 4.78 is 280. The fourth-order valence-electron chi connectivity index (χ4n) is 20.0. The first-order chi connectivity index (χ1) is 80.7. The van der Waals surface area contributed by atoms with Crippen molar-refractivity contribution in [2.24, 2.45) is 0 Å². The largest absolute Gasteiger partial charge is 0.455 e. The molecule has 0 bridgehead atoms. The molecule has 0 aliphatic heterocycles. The van der Waals surface area contributed by atoms with Crippen LogP contribution in [-0.2, 0) is 5.41 Å². The molecule has 0 N–H and O–H groups in total. The lowest BCUT2D eigenvalue weighted by Crippen LogP contribution is -2.10. The number of furan rings is 3. The van der Waals surface area contributed by atoms with E-state index in [1.165, 1.54) is 5.56 Å². The molecule has 0 aliphatic carbocycles. The Bertz CT molecular complexity index is 11100. The van der Waals surface area contributed by atoms with E-state index in [9.17, 15) is 16.4 Å². The van der Waals surface area contributed by atoms with Crippen LogP contribution < -0.4 is 0 Å². The Kier molecular flexibility index (Phi) is 14.5. The molecular formula is C136H92O3. The van der Waals surface area contributed by atoms with Crippen molar-refractivity contribution in [3.8, 4) is 134 Å². The Balaban J connectivity index is 0.000000127. The molecule has 0 aliphatic rings. The third-order valence-electron chi connectivity index (χ3n) is 26.2. The van der Waals surface area contributed by atoms with Crippen molar-refractivity contribution in [1.29, 1.82) is 0 Å². The summed E-state index contributed by atoms with van der Waals surface area (Å²) in [6.45, 7) is 6.51. The van der Waals surface area contributed by atoms with E-state index in [1.807, 2.05) is 182 Å². The third-order valence-corrected chi connectivity index (χ3v) is 26.2. The minimum atomic E-state index is -0.720. The van der Waals surface area contributed by atoms with Gasteiger partial charge in [-0.1, -0.05) is 493 Å². The maximum absolute atomic E-state index is 9.44. The fourth-order valence-corrected chi connectivity index (χ4v) is 20.0. The number of rotatable bonds is 12. The van der Waals surface area contributed by atoms with Gasteiger partial charge in [0.1, 0.15) is 33.5 Å². The highest BCUT2D eigenvalue weighted by atomic mass is 16.3. The van der Waals surface area contributed by atoms with Crippen molar-refractivity contribution in [3.63, 3.8) is 0 Å². The standard InChI is InChI=1S/C50H32O.C44H28O.C42H32O/c1-4-16-33(17-5-1)36-30-31-37(34-18-6-2-7-19-34)45(32-36)42-26-14-28-44-49-43(27-15-29-46(49)51-50(42)44)48-40-24-12-10-22-38(40)47(35-20-8-3-9-21-35)39-23-11-13-25-41(39)48;1-3-14-29(15-4-1)31-18-11-19-32(28-31)33-24-12-26-39-43-38(25-13-27-40(43)45-44(33)39)42-36-22-9-7-20-34(36)41(30-16-5-2-6-17-30)35-21-8-10-23-37(35)42;1-42(2,3)29-25-23-27(24-26-29)30-19-11-21-36-40-35(20-12-22-37(40)43-41(30)36)39-33-17-9-7-15-31(33)38(28-13-5-4-6-14-28)32-16-8-10-18-34(32)39/h1-32H;1-28H;4-26H,1-3H3/i10D,11D,12D,13D,22D,23D,24D,25D;2D,5D,6D,7D,8D,9D,10D,16D,17D,20D,21D,22D,23D;7D,8D,9D,10D,15D,16D,17D,18D. The lowest BCUT2D eigenvalue weighted by Gasteiger charge is -2.19.